The van der Waals surface area contributed by atoms with Crippen molar-refractivity contribution >= 4 is 11.8 Å². The van der Waals surface area contributed by atoms with Crippen molar-refractivity contribution in [1.29, 1.82) is 0 Å². The zero-order chi connectivity index (χ0) is 16.3. The molecule has 1 aromatic carbocycles. The molecule has 0 radical (unpaired) electrons. The number of aliphatic hydroxyl groups is 1. The van der Waals surface area contributed by atoms with Gasteiger partial charge >= 0.3 is 0 Å². The van der Waals surface area contributed by atoms with Crippen molar-refractivity contribution in [2.75, 3.05) is 6.54 Å². The van der Waals surface area contributed by atoms with Crippen LogP contribution in [0.15, 0.2) is 24.3 Å². The summed E-state index contributed by atoms with van der Waals surface area (Å²) in [4.78, 5) is 23.8. The molecule has 2 amide bonds. The third-order valence-electron chi connectivity index (χ3n) is 3.67. The molecule has 0 spiro atoms. The van der Waals surface area contributed by atoms with Crippen molar-refractivity contribution in [3.05, 3.63) is 35.4 Å². The molecule has 0 aromatic heterocycles. The van der Waals surface area contributed by atoms with Crippen molar-refractivity contribution in [2.24, 2.45) is 0 Å². The number of aryl methyl sites for hydroxylation is 1. The number of carbonyl (C=O) groups excluding carboxylic acids is 2. The fourth-order valence-corrected chi connectivity index (χ4v) is 1.59. The molecule has 1 rings (SSSR count). The molecular weight excluding hydrogens is 268 g/mol. The molecule has 5 heteroatoms. The standard InChI is InChI=1S/C16H24N2O3/c1-11-7-6-8-12(9-11)14(20)17-10-13(19)18-15(2,3)16(4,5)21/h6-9,21H,10H2,1-5H3,(H,17,20)(H,18,19). The van der Waals surface area contributed by atoms with Gasteiger partial charge in [0.2, 0.25) is 5.91 Å². The average molecular weight is 292 g/mol. The highest BCUT2D eigenvalue weighted by Gasteiger charge is 2.36. The summed E-state index contributed by atoms with van der Waals surface area (Å²) in [5.74, 6) is -0.641. The van der Waals surface area contributed by atoms with Crippen LogP contribution in [-0.4, -0.2) is 34.6 Å². The van der Waals surface area contributed by atoms with Crippen molar-refractivity contribution in [3.63, 3.8) is 0 Å². The number of hydrogen-bond acceptors (Lipinski definition) is 3. The average Bonchev–Trinajstić information content (AvgIpc) is 2.34. The zero-order valence-electron chi connectivity index (χ0n) is 13.3. The van der Waals surface area contributed by atoms with E-state index in [0.717, 1.165) is 5.56 Å². The van der Waals surface area contributed by atoms with E-state index in [9.17, 15) is 14.7 Å². The van der Waals surface area contributed by atoms with E-state index in [4.69, 9.17) is 0 Å². The Kier molecular flexibility index (Phi) is 5.12. The van der Waals surface area contributed by atoms with Crippen molar-refractivity contribution in [3.8, 4) is 0 Å². The number of hydrogen-bond donors (Lipinski definition) is 3. The minimum atomic E-state index is -1.07. The summed E-state index contributed by atoms with van der Waals surface area (Å²) in [5, 5.41) is 15.3. The van der Waals surface area contributed by atoms with Crippen LogP contribution in [0.4, 0.5) is 0 Å². The SMILES string of the molecule is Cc1cccc(C(=O)NCC(=O)NC(C)(C)C(C)(C)O)c1. The minimum Gasteiger partial charge on any atom is -0.388 e. The lowest BCUT2D eigenvalue weighted by Gasteiger charge is -2.38. The lowest BCUT2D eigenvalue weighted by molar-refractivity contribution is -0.125. The Morgan fingerprint density at radius 2 is 1.81 bits per heavy atom. The van der Waals surface area contributed by atoms with E-state index in [2.05, 4.69) is 10.6 Å². The number of rotatable bonds is 5. The predicted octanol–water partition coefficient (Wildman–Crippen LogP) is 1.39. The van der Waals surface area contributed by atoms with Gasteiger partial charge in [0.05, 0.1) is 17.7 Å². The summed E-state index contributed by atoms with van der Waals surface area (Å²) in [6.45, 7) is 8.47. The molecule has 0 aliphatic heterocycles. The topological polar surface area (TPSA) is 78.4 Å². The van der Waals surface area contributed by atoms with Gasteiger partial charge in [-0.05, 0) is 46.8 Å². The van der Waals surface area contributed by atoms with Gasteiger partial charge in [0.15, 0.2) is 0 Å². The van der Waals surface area contributed by atoms with Crippen LogP contribution in [0.2, 0.25) is 0 Å². The maximum atomic E-state index is 11.9. The Bertz CT molecular complexity index is 531. The van der Waals surface area contributed by atoms with Gasteiger partial charge in [-0.25, -0.2) is 0 Å². The fourth-order valence-electron chi connectivity index (χ4n) is 1.59. The normalized spacial score (nSPS) is 11.9. The molecule has 0 fully saturated rings. The smallest absolute Gasteiger partial charge is 0.251 e. The number of carbonyl (C=O) groups is 2. The molecule has 1 aromatic rings. The molecule has 116 valence electrons. The second-order valence-electron chi connectivity index (χ2n) is 6.28. The van der Waals surface area contributed by atoms with Crippen LogP contribution < -0.4 is 10.6 Å². The Morgan fingerprint density at radius 3 is 2.33 bits per heavy atom. The van der Waals surface area contributed by atoms with Crippen LogP contribution in [0.5, 0.6) is 0 Å². The van der Waals surface area contributed by atoms with E-state index in [0.29, 0.717) is 5.56 Å². The number of amides is 2. The Labute approximate surface area is 125 Å². The summed E-state index contributed by atoms with van der Waals surface area (Å²) in [6, 6.07) is 7.14. The molecule has 0 bridgehead atoms. The maximum absolute atomic E-state index is 11.9. The lowest BCUT2D eigenvalue weighted by atomic mass is 9.86. The molecule has 21 heavy (non-hydrogen) atoms. The Balaban J connectivity index is 2.56. The second-order valence-corrected chi connectivity index (χ2v) is 6.28. The molecule has 0 unspecified atom stereocenters. The van der Waals surface area contributed by atoms with Gasteiger partial charge in [-0.1, -0.05) is 17.7 Å². The first-order chi connectivity index (χ1) is 9.53. The van der Waals surface area contributed by atoms with Crippen molar-refractivity contribution in [2.45, 2.75) is 45.8 Å². The van der Waals surface area contributed by atoms with Gasteiger partial charge in [0.1, 0.15) is 0 Å². The molecule has 0 saturated carbocycles. The molecule has 3 N–H and O–H groups in total. The first kappa shape index (κ1) is 17.2. The molecule has 5 nitrogen and oxygen atoms in total. The van der Waals surface area contributed by atoms with Crippen LogP contribution in [0.25, 0.3) is 0 Å². The van der Waals surface area contributed by atoms with Crippen molar-refractivity contribution in [1.82, 2.24) is 10.6 Å². The third kappa shape index (κ3) is 4.86. The van der Waals surface area contributed by atoms with E-state index in [1.807, 2.05) is 13.0 Å². The molecular formula is C16H24N2O3. The van der Waals surface area contributed by atoms with Crippen LogP contribution in [0.3, 0.4) is 0 Å². The quantitative estimate of drug-likeness (QED) is 0.767. The van der Waals surface area contributed by atoms with E-state index >= 15 is 0 Å². The maximum Gasteiger partial charge on any atom is 0.251 e. The van der Waals surface area contributed by atoms with E-state index in [1.165, 1.54) is 0 Å². The number of nitrogens with one attached hydrogen (secondary N) is 2. The van der Waals surface area contributed by atoms with E-state index in [1.54, 1.807) is 45.9 Å². The number of benzene rings is 1. The predicted molar refractivity (Wildman–Crippen MR) is 82.0 cm³/mol. The first-order valence-corrected chi connectivity index (χ1v) is 6.91. The summed E-state index contributed by atoms with van der Waals surface area (Å²) in [7, 11) is 0. The van der Waals surface area contributed by atoms with Crippen LogP contribution >= 0.6 is 0 Å². The second kappa shape index (κ2) is 6.26. The van der Waals surface area contributed by atoms with Crippen LogP contribution in [0.1, 0.15) is 43.6 Å². The van der Waals surface area contributed by atoms with E-state index < -0.39 is 11.1 Å². The largest absolute Gasteiger partial charge is 0.388 e. The molecule has 0 aliphatic rings. The fraction of sp³-hybridized carbons (Fsp3) is 0.500. The minimum absolute atomic E-state index is 0.133. The van der Waals surface area contributed by atoms with Gasteiger partial charge in [0.25, 0.3) is 5.91 Å². The van der Waals surface area contributed by atoms with Gasteiger partial charge < -0.3 is 15.7 Å². The Hall–Kier alpha value is -1.88. The first-order valence-electron chi connectivity index (χ1n) is 6.91. The van der Waals surface area contributed by atoms with Crippen LogP contribution in [-0.2, 0) is 4.79 Å². The Morgan fingerprint density at radius 1 is 1.19 bits per heavy atom. The molecule has 0 atom stereocenters. The van der Waals surface area contributed by atoms with Crippen molar-refractivity contribution < 1.29 is 14.7 Å². The van der Waals surface area contributed by atoms with Gasteiger partial charge in [-0.15, -0.1) is 0 Å². The zero-order valence-corrected chi connectivity index (χ0v) is 13.3. The third-order valence-corrected chi connectivity index (χ3v) is 3.67. The highest BCUT2D eigenvalue weighted by Crippen LogP contribution is 2.20. The summed E-state index contributed by atoms with van der Waals surface area (Å²) < 4.78 is 0. The molecule has 0 saturated heterocycles. The molecule has 0 heterocycles. The van der Waals surface area contributed by atoms with E-state index in [-0.39, 0.29) is 18.4 Å². The monoisotopic (exact) mass is 292 g/mol. The van der Waals surface area contributed by atoms with Gasteiger partial charge in [-0.2, -0.15) is 0 Å². The summed E-state index contributed by atoms with van der Waals surface area (Å²) in [6.07, 6.45) is 0. The van der Waals surface area contributed by atoms with Crippen LogP contribution in [0, 0.1) is 6.92 Å². The lowest BCUT2D eigenvalue weighted by Crippen LogP contribution is -2.59. The summed E-state index contributed by atoms with van der Waals surface area (Å²) >= 11 is 0. The highest BCUT2D eigenvalue weighted by molar-refractivity contribution is 5.96. The summed E-state index contributed by atoms with van der Waals surface area (Å²) in [5.41, 5.74) is -0.360. The molecule has 0 aliphatic carbocycles. The highest BCUT2D eigenvalue weighted by atomic mass is 16.3. The van der Waals surface area contributed by atoms with Gasteiger partial charge in [-0.3, -0.25) is 9.59 Å². The van der Waals surface area contributed by atoms with Gasteiger partial charge in [0, 0.05) is 5.56 Å².